The summed E-state index contributed by atoms with van der Waals surface area (Å²) in [6.45, 7) is 0. The van der Waals surface area contributed by atoms with Crippen LogP contribution < -0.4 is 10.6 Å². The van der Waals surface area contributed by atoms with Crippen LogP contribution in [0.25, 0.3) is 0 Å². The predicted octanol–water partition coefficient (Wildman–Crippen LogP) is 4.18. The first-order valence-corrected chi connectivity index (χ1v) is 9.30. The van der Waals surface area contributed by atoms with Gasteiger partial charge in [0.15, 0.2) is 0 Å². The second-order valence-electron chi connectivity index (χ2n) is 6.67. The number of rotatable bonds is 6. The monoisotopic (exact) mass is 345 g/mol. The highest BCUT2D eigenvalue weighted by Crippen LogP contribution is 2.43. The zero-order chi connectivity index (χ0) is 16.5. The number of carbonyl (C=O) groups excluding carboxylic acids is 1. The zero-order valence-electron chi connectivity index (χ0n) is 13.2. The van der Waals surface area contributed by atoms with Gasteiger partial charge in [0.1, 0.15) is 10.8 Å². The Labute approximate surface area is 144 Å². The lowest BCUT2D eigenvalue weighted by atomic mass is 10.0. The maximum Gasteiger partial charge on any atom is 0.315 e. The molecule has 2 aliphatic rings. The Morgan fingerprint density at radius 2 is 1.71 bits per heavy atom. The summed E-state index contributed by atoms with van der Waals surface area (Å²) >= 11 is 1.58. The van der Waals surface area contributed by atoms with Crippen LogP contribution in [0.1, 0.15) is 48.3 Å². The van der Waals surface area contributed by atoms with Crippen molar-refractivity contribution >= 4 is 17.4 Å². The molecule has 1 heterocycles. The van der Waals surface area contributed by atoms with Crippen molar-refractivity contribution in [2.75, 3.05) is 0 Å². The van der Waals surface area contributed by atoms with Crippen molar-refractivity contribution in [2.24, 2.45) is 11.8 Å². The maximum absolute atomic E-state index is 13.1. The van der Waals surface area contributed by atoms with E-state index in [0.29, 0.717) is 11.8 Å². The number of hydrogen-bond acceptors (Lipinski definition) is 3. The zero-order valence-corrected chi connectivity index (χ0v) is 14.1. The lowest BCUT2D eigenvalue weighted by Crippen LogP contribution is -2.41. The smallest absolute Gasteiger partial charge is 0.315 e. The van der Waals surface area contributed by atoms with Gasteiger partial charge >= 0.3 is 6.03 Å². The van der Waals surface area contributed by atoms with Crippen molar-refractivity contribution in [1.29, 1.82) is 0 Å². The minimum atomic E-state index is -0.254. The Bertz CT molecular complexity index is 696. The van der Waals surface area contributed by atoms with E-state index in [9.17, 15) is 9.18 Å². The summed E-state index contributed by atoms with van der Waals surface area (Å²) in [5.74, 6) is 0.683. The van der Waals surface area contributed by atoms with Crippen LogP contribution in [0.5, 0.6) is 0 Å². The highest BCUT2D eigenvalue weighted by Gasteiger charge is 2.37. The molecule has 0 radical (unpaired) electrons. The summed E-state index contributed by atoms with van der Waals surface area (Å²) in [4.78, 5) is 16.9. The topological polar surface area (TPSA) is 54.0 Å². The fourth-order valence-corrected chi connectivity index (χ4v) is 3.88. The van der Waals surface area contributed by atoms with Gasteiger partial charge in [-0.25, -0.2) is 14.2 Å². The Morgan fingerprint density at radius 3 is 2.29 bits per heavy atom. The molecule has 2 fully saturated rings. The summed E-state index contributed by atoms with van der Waals surface area (Å²) in [5, 5.41) is 9.10. The molecular weight excluding hydrogens is 325 g/mol. The highest BCUT2D eigenvalue weighted by atomic mass is 32.1. The number of nitrogens with zero attached hydrogens (tertiary/aromatic N) is 1. The Balaban J connectivity index is 1.44. The number of thiazole rings is 1. The van der Waals surface area contributed by atoms with Crippen molar-refractivity contribution in [2.45, 2.75) is 37.8 Å². The largest absolute Gasteiger partial charge is 0.331 e. The number of nitrogens with one attached hydrogen (secondary N) is 2. The summed E-state index contributed by atoms with van der Waals surface area (Å²) in [6, 6.07) is 6.21. The number of halogens is 1. The standard InChI is InChI=1S/C18H20FN3OS/c19-14-7-5-12(6-8-14)15(11-1-2-11)21-18(23)22-16(13-3-4-13)17-20-9-10-24-17/h5-11,13,15-16H,1-4H2,(H2,21,22,23)/t15-,16-/m1/s1. The average molecular weight is 345 g/mol. The number of amides is 2. The van der Waals surface area contributed by atoms with Gasteiger partial charge in [0.05, 0.1) is 12.1 Å². The first-order chi connectivity index (χ1) is 11.7. The minimum Gasteiger partial charge on any atom is -0.331 e. The third kappa shape index (κ3) is 3.59. The predicted molar refractivity (Wildman–Crippen MR) is 91.1 cm³/mol. The van der Waals surface area contributed by atoms with E-state index in [-0.39, 0.29) is 23.9 Å². The molecule has 6 heteroatoms. The molecule has 2 aromatic rings. The van der Waals surface area contributed by atoms with Crippen molar-refractivity contribution in [1.82, 2.24) is 15.6 Å². The molecule has 0 aliphatic heterocycles. The second kappa shape index (κ2) is 6.51. The quantitative estimate of drug-likeness (QED) is 0.825. The van der Waals surface area contributed by atoms with E-state index in [1.54, 1.807) is 29.7 Å². The Hall–Kier alpha value is -1.95. The summed E-state index contributed by atoms with van der Waals surface area (Å²) < 4.78 is 13.1. The number of benzene rings is 1. The maximum atomic E-state index is 13.1. The molecule has 2 aliphatic carbocycles. The molecule has 24 heavy (non-hydrogen) atoms. The summed E-state index contributed by atoms with van der Waals surface area (Å²) in [6.07, 6.45) is 6.24. The molecule has 0 spiro atoms. The first-order valence-electron chi connectivity index (χ1n) is 8.42. The Kier molecular flexibility index (Phi) is 4.22. The van der Waals surface area contributed by atoms with Crippen LogP contribution in [0.4, 0.5) is 9.18 Å². The van der Waals surface area contributed by atoms with E-state index in [1.807, 2.05) is 5.38 Å². The third-order valence-corrected chi connectivity index (χ3v) is 5.57. The van der Waals surface area contributed by atoms with Crippen molar-refractivity contribution in [3.63, 3.8) is 0 Å². The van der Waals surface area contributed by atoms with Gasteiger partial charge in [-0.2, -0.15) is 0 Å². The van der Waals surface area contributed by atoms with Crippen molar-refractivity contribution in [3.05, 3.63) is 52.2 Å². The molecule has 4 rings (SSSR count). The van der Waals surface area contributed by atoms with E-state index in [0.717, 1.165) is 36.3 Å². The van der Waals surface area contributed by atoms with Crippen LogP contribution in [0.3, 0.4) is 0 Å². The van der Waals surface area contributed by atoms with Gasteiger partial charge in [-0.1, -0.05) is 12.1 Å². The fraction of sp³-hybridized carbons (Fsp3) is 0.444. The number of urea groups is 1. The number of carbonyl (C=O) groups is 1. The van der Waals surface area contributed by atoms with Crippen molar-refractivity contribution in [3.8, 4) is 0 Å². The lowest BCUT2D eigenvalue weighted by Gasteiger charge is -2.22. The van der Waals surface area contributed by atoms with Gasteiger partial charge < -0.3 is 10.6 Å². The molecule has 4 nitrogen and oxygen atoms in total. The van der Waals surface area contributed by atoms with Crippen molar-refractivity contribution < 1.29 is 9.18 Å². The SMILES string of the molecule is O=C(N[C@@H](c1ccc(F)cc1)C1CC1)N[C@@H](c1nccs1)C1CC1. The first kappa shape index (κ1) is 15.6. The highest BCUT2D eigenvalue weighted by molar-refractivity contribution is 7.09. The summed E-state index contributed by atoms with van der Waals surface area (Å²) in [5.41, 5.74) is 0.964. The average Bonchev–Trinajstić information content (AvgIpc) is 3.50. The van der Waals surface area contributed by atoms with Gasteiger partial charge in [-0.3, -0.25) is 0 Å². The number of aromatic nitrogens is 1. The van der Waals surface area contributed by atoms with E-state index >= 15 is 0 Å². The lowest BCUT2D eigenvalue weighted by molar-refractivity contribution is 0.230. The molecule has 1 aromatic heterocycles. The van der Waals surface area contributed by atoms with Gasteiger partial charge in [-0.15, -0.1) is 11.3 Å². The molecule has 126 valence electrons. The molecule has 1 aromatic carbocycles. The molecule has 2 amide bonds. The molecule has 0 saturated heterocycles. The van der Waals surface area contributed by atoms with Crippen LogP contribution in [-0.4, -0.2) is 11.0 Å². The molecular formula is C18H20FN3OS. The molecule has 0 bridgehead atoms. The van der Waals surface area contributed by atoms with Gasteiger partial charge in [0.2, 0.25) is 0 Å². The van der Waals surface area contributed by atoms with E-state index in [1.165, 1.54) is 12.1 Å². The normalized spacial score (nSPS) is 19.5. The second-order valence-corrected chi connectivity index (χ2v) is 7.60. The molecule has 2 atom stereocenters. The minimum absolute atomic E-state index is 0.00179. The third-order valence-electron chi connectivity index (χ3n) is 4.71. The van der Waals surface area contributed by atoms with Crippen LogP contribution in [0.15, 0.2) is 35.8 Å². The van der Waals surface area contributed by atoms with E-state index < -0.39 is 0 Å². The van der Waals surface area contributed by atoms with E-state index in [2.05, 4.69) is 15.6 Å². The van der Waals surface area contributed by atoms with Crippen LogP contribution in [-0.2, 0) is 0 Å². The van der Waals surface area contributed by atoms with Crippen LogP contribution in [0, 0.1) is 17.7 Å². The fourth-order valence-electron chi connectivity index (χ4n) is 3.10. The molecule has 2 N–H and O–H groups in total. The molecule has 0 unspecified atom stereocenters. The Morgan fingerprint density at radius 1 is 1.08 bits per heavy atom. The summed E-state index contributed by atoms with van der Waals surface area (Å²) in [7, 11) is 0. The van der Waals surface area contributed by atoms with E-state index in [4.69, 9.17) is 0 Å². The number of hydrogen-bond donors (Lipinski definition) is 2. The van der Waals surface area contributed by atoms with Crippen LogP contribution >= 0.6 is 11.3 Å². The van der Waals surface area contributed by atoms with Gasteiger partial charge in [0.25, 0.3) is 0 Å². The van der Waals surface area contributed by atoms with Gasteiger partial charge in [0, 0.05) is 11.6 Å². The molecule has 2 saturated carbocycles. The van der Waals surface area contributed by atoms with Crippen LogP contribution in [0.2, 0.25) is 0 Å². The van der Waals surface area contributed by atoms with Gasteiger partial charge in [-0.05, 0) is 55.2 Å².